The Labute approximate surface area is 104 Å². The van der Waals surface area contributed by atoms with Crippen molar-refractivity contribution in [3.63, 3.8) is 0 Å². The van der Waals surface area contributed by atoms with Crippen molar-refractivity contribution in [1.82, 2.24) is 9.88 Å². The summed E-state index contributed by atoms with van der Waals surface area (Å²) in [6, 6.07) is 2.20. The van der Waals surface area contributed by atoms with Gasteiger partial charge in [0.15, 0.2) is 0 Å². The minimum absolute atomic E-state index is 0.00639. The number of aromatic nitrogens is 1. The van der Waals surface area contributed by atoms with Crippen LogP contribution in [0, 0.1) is 10.1 Å². The van der Waals surface area contributed by atoms with Crippen LogP contribution in [0.3, 0.4) is 0 Å². The maximum absolute atomic E-state index is 11.6. The number of carbonyl (C=O) groups is 1. The molecule has 0 saturated carbocycles. The van der Waals surface area contributed by atoms with Crippen LogP contribution in [0.4, 0.5) is 5.69 Å². The molecule has 1 amide bonds. The second kappa shape index (κ2) is 5.95. The molecular weight excluding hydrogens is 238 g/mol. The second-order valence-corrected chi connectivity index (χ2v) is 3.99. The normalized spacial score (nSPS) is 11.9. The first-order valence-electron chi connectivity index (χ1n) is 5.58. The van der Waals surface area contributed by atoms with E-state index in [2.05, 4.69) is 5.32 Å². The van der Waals surface area contributed by atoms with Crippen LogP contribution < -0.4 is 10.9 Å². The lowest BCUT2D eigenvalue weighted by Crippen LogP contribution is -2.36. The van der Waals surface area contributed by atoms with Gasteiger partial charge in [-0.2, -0.15) is 0 Å². The maximum atomic E-state index is 11.6. The van der Waals surface area contributed by atoms with Gasteiger partial charge in [-0.05, 0) is 13.3 Å². The summed E-state index contributed by atoms with van der Waals surface area (Å²) < 4.78 is 1.02. The second-order valence-electron chi connectivity index (χ2n) is 3.99. The molecule has 0 aliphatic carbocycles. The van der Waals surface area contributed by atoms with Gasteiger partial charge in [-0.15, -0.1) is 0 Å². The Balaban J connectivity index is 2.84. The molecule has 0 bridgehead atoms. The first-order valence-corrected chi connectivity index (χ1v) is 5.58. The molecule has 0 fully saturated rings. The number of pyridine rings is 1. The van der Waals surface area contributed by atoms with Crippen LogP contribution in [0.25, 0.3) is 0 Å². The van der Waals surface area contributed by atoms with Crippen LogP contribution in [0.5, 0.6) is 0 Å². The lowest BCUT2D eigenvalue weighted by Gasteiger charge is -2.11. The lowest BCUT2D eigenvalue weighted by molar-refractivity contribution is -0.385. The summed E-state index contributed by atoms with van der Waals surface area (Å²) in [6.07, 6.45) is 1.84. The van der Waals surface area contributed by atoms with Gasteiger partial charge in [0.1, 0.15) is 6.54 Å². The summed E-state index contributed by atoms with van der Waals surface area (Å²) in [4.78, 5) is 33.0. The average Bonchev–Trinajstić information content (AvgIpc) is 2.31. The van der Waals surface area contributed by atoms with Crippen LogP contribution in [0.1, 0.15) is 20.3 Å². The van der Waals surface area contributed by atoms with Crippen molar-refractivity contribution in [2.45, 2.75) is 32.9 Å². The number of nitro groups is 1. The highest BCUT2D eigenvalue weighted by molar-refractivity contribution is 5.76. The third-order valence-corrected chi connectivity index (χ3v) is 2.51. The fraction of sp³-hybridized carbons (Fsp3) is 0.455. The maximum Gasteiger partial charge on any atom is 0.285 e. The van der Waals surface area contributed by atoms with Crippen molar-refractivity contribution in [2.75, 3.05) is 0 Å². The van der Waals surface area contributed by atoms with E-state index in [0.717, 1.165) is 29.3 Å². The molecule has 7 nitrogen and oxygen atoms in total. The van der Waals surface area contributed by atoms with Crippen LogP contribution >= 0.6 is 0 Å². The van der Waals surface area contributed by atoms with E-state index in [9.17, 15) is 19.7 Å². The molecule has 1 atom stereocenters. The Morgan fingerprint density at radius 1 is 1.56 bits per heavy atom. The summed E-state index contributed by atoms with van der Waals surface area (Å²) in [7, 11) is 0. The number of amides is 1. The third kappa shape index (κ3) is 3.69. The quantitative estimate of drug-likeness (QED) is 0.616. The van der Waals surface area contributed by atoms with Gasteiger partial charge >= 0.3 is 0 Å². The van der Waals surface area contributed by atoms with Crippen molar-refractivity contribution in [2.24, 2.45) is 0 Å². The van der Waals surface area contributed by atoms with Gasteiger partial charge < -0.3 is 5.32 Å². The highest BCUT2D eigenvalue weighted by atomic mass is 16.6. The third-order valence-electron chi connectivity index (χ3n) is 2.51. The van der Waals surface area contributed by atoms with Gasteiger partial charge in [-0.1, -0.05) is 6.92 Å². The predicted octanol–water partition coefficient (Wildman–Crippen LogP) is 0.671. The summed E-state index contributed by atoms with van der Waals surface area (Å²) in [6.45, 7) is 3.55. The Hall–Kier alpha value is -2.18. The molecule has 98 valence electrons. The largest absolute Gasteiger partial charge is 0.352 e. The van der Waals surface area contributed by atoms with Crippen molar-refractivity contribution in [1.29, 1.82) is 0 Å². The van der Waals surface area contributed by atoms with Crippen molar-refractivity contribution >= 4 is 11.6 Å². The molecule has 0 unspecified atom stereocenters. The first-order chi connectivity index (χ1) is 8.43. The number of hydrogen-bond donors (Lipinski definition) is 1. The molecule has 18 heavy (non-hydrogen) atoms. The van der Waals surface area contributed by atoms with Gasteiger partial charge in [0.25, 0.3) is 11.2 Å². The molecule has 7 heteroatoms. The van der Waals surface area contributed by atoms with Crippen LogP contribution in [-0.2, 0) is 11.3 Å². The Bertz CT molecular complexity index is 509. The molecule has 0 aliphatic heterocycles. The van der Waals surface area contributed by atoms with Crippen LogP contribution in [0.2, 0.25) is 0 Å². The molecule has 0 aromatic carbocycles. The molecule has 1 rings (SSSR count). The summed E-state index contributed by atoms with van der Waals surface area (Å²) in [5.41, 5.74) is -0.661. The molecule has 0 spiro atoms. The highest BCUT2D eigenvalue weighted by Crippen LogP contribution is 2.06. The van der Waals surface area contributed by atoms with Crippen LogP contribution in [0.15, 0.2) is 23.1 Å². The molecule has 0 aliphatic rings. The molecule has 0 radical (unpaired) electrons. The van der Waals surface area contributed by atoms with Crippen LogP contribution in [-0.4, -0.2) is 21.4 Å². The zero-order chi connectivity index (χ0) is 13.7. The Morgan fingerprint density at radius 2 is 2.22 bits per heavy atom. The standard InChI is InChI=1S/C11H15N3O4/c1-3-8(2)12-10(15)7-13-6-9(14(17)18)4-5-11(13)16/h4-6,8H,3,7H2,1-2H3,(H,12,15)/t8-/m1/s1. The fourth-order valence-electron chi connectivity index (χ4n) is 1.33. The summed E-state index contributed by atoms with van der Waals surface area (Å²) in [5.74, 6) is -0.341. The number of nitrogens with one attached hydrogen (secondary N) is 1. The number of rotatable bonds is 5. The summed E-state index contributed by atoms with van der Waals surface area (Å²) >= 11 is 0. The molecule has 1 aromatic heterocycles. The molecule has 1 heterocycles. The van der Waals surface area contributed by atoms with E-state index in [0.29, 0.717) is 0 Å². The van der Waals surface area contributed by atoms with E-state index in [1.54, 1.807) is 0 Å². The van der Waals surface area contributed by atoms with E-state index in [1.165, 1.54) is 0 Å². The summed E-state index contributed by atoms with van der Waals surface area (Å²) in [5, 5.41) is 13.2. The zero-order valence-corrected chi connectivity index (χ0v) is 10.3. The minimum Gasteiger partial charge on any atom is -0.352 e. The molecule has 1 N–H and O–H groups in total. The van der Waals surface area contributed by atoms with Crippen molar-refractivity contribution < 1.29 is 9.72 Å². The number of hydrogen-bond acceptors (Lipinski definition) is 4. The molecule has 0 saturated heterocycles. The molecule has 1 aromatic rings. The van der Waals surface area contributed by atoms with Gasteiger partial charge in [0.2, 0.25) is 5.91 Å². The van der Waals surface area contributed by atoms with Gasteiger partial charge in [-0.25, -0.2) is 0 Å². The van der Waals surface area contributed by atoms with E-state index in [-0.39, 0.29) is 24.2 Å². The monoisotopic (exact) mass is 253 g/mol. The van der Waals surface area contributed by atoms with Gasteiger partial charge in [0.05, 0.1) is 11.1 Å². The van der Waals surface area contributed by atoms with Crippen molar-refractivity contribution in [3.05, 3.63) is 38.8 Å². The topological polar surface area (TPSA) is 94.2 Å². The van der Waals surface area contributed by atoms with E-state index < -0.39 is 10.5 Å². The predicted molar refractivity (Wildman–Crippen MR) is 65.3 cm³/mol. The Morgan fingerprint density at radius 3 is 2.78 bits per heavy atom. The van der Waals surface area contributed by atoms with Gasteiger partial charge in [0, 0.05) is 18.2 Å². The smallest absolute Gasteiger partial charge is 0.285 e. The van der Waals surface area contributed by atoms with E-state index in [1.807, 2.05) is 13.8 Å². The van der Waals surface area contributed by atoms with Gasteiger partial charge in [-0.3, -0.25) is 24.3 Å². The number of nitrogens with zero attached hydrogens (tertiary/aromatic N) is 2. The van der Waals surface area contributed by atoms with E-state index >= 15 is 0 Å². The molecular formula is C11H15N3O4. The highest BCUT2D eigenvalue weighted by Gasteiger charge is 2.11. The number of carbonyl (C=O) groups excluding carboxylic acids is 1. The lowest BCUT2D eigenvalue weighted by atomic mass is 10.2. The fourth-order valence-corrected chi connectivity index (χ4v) is 1.33. The Kier molecular flexibility index (Phi) is 4.59. The van der Waals surface area contributed by atoms with Crippen molar-refractivity contribution in [3.8, 4) is 0 Å². The SMILES string of the molecule is CC[C@@H](C)NC(=O)Cn1cc([N+](=O)[O-])ccc1=O. The zero-order valence-electron chi connectivity index (χ0n) is 10.3. The average molecular weight is 253 g/mol. The van der Waals surface area contributed by atoms with E-state index in [4.69, 9.17) is 0 Å². The first kappa shape index (κ1) is 13.9. The minimum atomic E-state index is -0.609.